The first-order chi connectivity index (χ1) is 7.06. The Labute approximate surface area is 89.9 Å². The molecule has 0 saturated heterocycles. The molecule has 1 rings (SSSR count). The third-order valence-electron chi connectivity index (χ3n) is 1.56. The van der Waals surface area contributed by atoms with E-state index >= 15 is 0 Å². The molecule has 0 atom stereocenters. The van der Waals surface area contributed by atoms with Crippen molar-refractivity contribution in [2.45, 2.75) is 11.9 Å². The third kappa shape index (κ3) is 2.77. The van der Waals surface area contributed by atoms with E-state index in [2.05, 4.69) is 9.97 Å². The van der Waals surface area contributed by atoms with Gasteiger partial charge in [0.15, 0.2) is 5.03 Å². The Kier molecular flexibility index (Phi) is 3.81. The van der Waals surface area contributed by atoms with Crippen molar-refractivity contribution < 1.29 is 10.0 Å². The van der Waals surface area contributed by atoms with Crippen LogP contribution in [0.5, 0.6) is 0 Å². The molecule has 0 aromatic carbocycles. The summed E-state index contributed by atoms with van der Waals surface area (Å²) in [7, 11) is 0. The van der Waals surface area contributed by atoms with Gasteiger partial charge < -0.3 is 10.8 Å². The molecule has 1 heterocycles. The highest BCUT2D eigenvalue weighted by atomic mass is 32.2. The van der Waals surface area contributed by atoms with Gasteiger partial charge >= 0.3 is 5.69 Å². The van der Waals surface area contributed by atoms with E-state index in [4.69, 9.17) is 10.8 Å². The molecule has 0 radical (unpaired) electrons. The Morgan fingerprint density at radius 1 is 1.60 bits per heavy atom. The summed E-state index contributed by atoms with van der Waals surface area (Å²) in [5.41, 5.74) is 5.46. The summed E-state index contributed by atoms with van der Waals surface area (Å²) in [6, 6.07) is 0. The van der Waals surface area contributed by atoms with Crippen LogP contribution in [0.25, 0.3) is 0 Å². The van der Waals surface area contributed by atoms with Gasteiger partial charge in [-0.15, -0.1) is 0 Å². The molecule has 0 aliphatic rings. The average Bonchev–Trinajstić information content (AvgIpc) is 2.12. The average molecular weight is 230 g/mol. The Morgan fingerprint density at radius 3 is 2.80 bits per heavy atom. The number of nitrogen functional groups attached to an aromatic ring is 1. The summed E-state index contributed by atoms with van der Waals surface area (Å²) < 4.78 is 0. The van der Waals surface area contributed by atoms with Crippen molar-refractivity contribution in [3.05, 3.63) is 15.8 Å². The number of nitrogens with two attached hydrogens (primary N) is 1. The van der Waals surface area contributed by atoms with E-state index in [-0.39, 0.29) is 29.0 Å². The molecule has 7 nitrogen and oxygen atoms in total. The highest BCUT2D eigenvalue weighted by molar-refractivity contribution is 7.99. The van der Waals surface area contributed by atoms with Gasteiger partial charge in [0.1, 0.15) is 5.69 Å². The third-order valence-corrected chi connectivity index (χ3v) is 2.50. The minimum Gasteiger partial charge on any atom is -0.396 e. The smallest absolute Gasteiger partial charge is 0.322 e. The van der Waals surface area contributed by atoms with Crippen LogP contribution in [0.2, 0.25) is 0 Å². The van der Waals surface area contributed by atoms with Crippen molar-refractivity contribution in [1.82, 2.24) is 9.97 Å². The summed E-state index contributed by atoms with van der Waals surface area (Å²) in [5.74, 6) is 0.329. The highest BCUT2D eigenvalue weighted by Gasteiger charge is 2.21. The van der Waals surface area contributed by atoms with Crippen molar-refractivity contribution in [3.63, 3.8) is 0 Å². The molecule has 3 N–H and O–H groups in total. The normalized spacial score (nSPS) is 10.3. The van der Waals surface area contributed by atoms with E-state index < -0.39 is 4.92 Å². The molecule has 82 valence electrons. The molecule has 8 heteroatoms. The first-order valence-corrected chi connectivity index (χ1v) is 5.07. The summed E-state index contributed by atoms with van der Waals surface area (Å²) in [4.78, 5) is 17.7. The molecule has 1 aromatic rings. The molecular weight excluding hydrogens is 220 g/mol. The van der Waals surface area contributed by atoms with Crippen LogP contribution >= 0.6 is 11.8 Å². The number of aromatic nitrogens is 2. The summed E-state index contributed by atoms with van der Waals surface area (Å²) in [5, 5.41) is 19.5. The molecular formula is C7H10N4O3S. The highest BCUT2D eigenvalue weighted by Crippen LogP contribution is 2.29. The molecule has 0 saturated carbocycles. The number of nitrogens with zero attached hydrogens (tertiary/aromatic N) is 3. The second kappa shape index (κ2) is 4.89. The van der Waals surface area contributed by atoms with Crippen LogP contribution in [-0.4, -0.2) is 32.4 Å². The van der Waals surface area contributed by atoms with Gasteiger partial charge in [-0.25, -0.2) is 4.98 Å². The van der Waals surface area contributed by atoms with Gasteiger partial charge in [-0.3, -0.25) is 10.1 Å². The predicted molar refractivity (Wildman–Crippen MR) is 55.6 cm³/mol. The molecule has 0 aliphatic carbocycles. The molecule has 15 heavy (non-hydrogen) atoms. The van der Waals surface area contributed by atoms with Crippen molar-refractivity contribution in [3.8, 4) is 0 Å². The minimum absolute atomic E-state index is 0.00135. The van der Waals surface area contributed by atoms with Crippen molar-refractivity contribution in [2.75, 3.05) is 18.1 Å². The SMILES string of the molecule is Cc1nc(N)nc(SCCO)c1[N+](=O)[O-]. The van der Waals surface area contributed by atoms with Gasteiger partial charge in [-0.05, 0) is 6.92 Å². The Bertz CT molecular complexity index is 385. The quantitative estimate of drug-likeness (QED) is 0.332. The first-order valence-electron chi connectivity index (χ1n) is 4.08. The topological polar surface area (TPSA) is 115 Å². The van der Waals surface area contributed by atoms with Gasteiger partial charge in [0.05, 0.1) is 11.5 Å². The van der Waals surface area contributed by atoms with E-state index in [1.807, 2.05) is 0 Å². The first kappa shape index (κ1) is 11.7. The number of aryl methyl sites for hydroxylation is 1. The number of anilines is 1. The van der Waals surface area contributed by atoms with Crippen LogP contribution in [0, 0.1) is 17.0 Å². The summed E-state index contributed by atoms with van der Waals surface area (Å²) >= 11 is 1.08. The zero-order chi connectivity index (χ0) is 11.4. The Hall–Kier alpha value is -1.41. The lowest BCUT2D eigenvalue weighted by Gasteiger charge is -2.03. The van der Waals surface area contributed by atoms with E-state index in [1.54, 1.807) is 0 Å². The number of thioether (sulfide) groups is 1. The van der Waals surface area contributed by atoms with E-state index in [0.29, 0.717) is 5.75 Å². The van der Waals surface area contributed by atoms with Crippen LogP contribution in [0.4, 0.5) is 11.6 Å². The molecule has 0 bridgehead atoms. The maximum absolute atomic E-state index is 10.7. The lowest BCUT2D eigenvalue weighted by atomic mass is 10.4. The largest absolute Gasteiger partial charge is 0.396 e. The molecule has 0 spiro atoms. The lowest BCUT2D eigenvalue weighted by molar-refractivity contribution is -0.389. The van der Waals surface area contributed by atoms with Crippen LogP contribution < -0.4 is 5.73 Å². The van der Waals surface area contributed by atoms with Crippen molar-refractivity contribution in [1.29, 1.82) is 0 Å². The summed E-state index contributed by atoms with van der Waals surface area (Å²) in [6.07, 6.45) is 0. The second-order valence-electron chi connectivity index (χ2n) is 2.65. The monoisotopic (exact) mass is 230 g/mol. The van der Waals surface area contributed by atoms with Crippen LogP contribution in [0.15, 0.2) is 5.03 Å². The van der Waals surface area contributed by atoms with Crippen LogP contribution in [0.3, 0.4) is 0 Å². The minimum atomic E-state index is -0.547. The maximum Gasteiger partial charge on any atom is 0.322 e. The number of rotatable bonds is 4. The maximum atomic E-state index is 10.7. The standard InChI is InChI=1S/C7H10N4O3S/c1-4-5(11(13)14)6(15-3-2-12)10-7(8)9-4/h12H,2-3H2,1H3,(H2,8,9,10). The molecule has 0 aliphatic heterocycles. The van der Waals surface area contributed by atoms with Crippen molar-refractivity contribution >= 4 is 23.4 Å². The predicted octanol–water partition coefficient (Wildman–Crippen LogP) is 0.360. The number of hydrogen-bond donors (Lipinski definition) is 2. The fraction of sp³-hybridized carbons (Fsp3) is 0.429. The van der Waals surface area contributed by atoms with E-state index in [9.17, 15) is 10.1 Å². The zero-order valence-electron chi connectivity index (χ0n) is 8.01. The van der Waals surface area contributed by atoms with E-state index in [1.165, 1.54) is 6.92 Å². The Morgan fingerprint density at radius 2 is 2.27 bits per heavy atom. The van der Waals surface area contributed by atoms with Gasteiger partial charge in [-0.2, -0.15) is 4.98 Å². The molecule has 0 unspecified atom stereocenters. The number of hydrogen-bond acceptors (Lipinski definition) is 7. The second-order valence-corrected chi connectivity index (χ2v) is 3.73. The molecule has 0 amide bonds. The number of aliphatic hydroxyl groups excluding tert-OH is 1. The van der Waals surface area contributed by atoms with Crippen LogP contribution in [0.1, 0.15) is 5.69 Å². The Balaban J connectivity index is 3.14. The molecule has 1 aromatic heterocycles. The van der Waals surface area contributed by atoms with Gasteiger partial charge in [-0.1, -0.05) is 11.8 Å². The van der Waals surface area contributed by atoms with Gasteiger partial charge in [0.25, 0.3) is 0 Å². The summed E-state index contributed by atoms with van der Waals surface area (Å²) in [6.45, 7) is 1.42. The van der Waals surface area contributed by atoms with Crippen LogP contribution in [-0.2, 0) is 0 Å². The number of nitro groups is 1. The van der Waals surface area contributed by atoms with Gasteiger partial charge in [0.2, 0.25) is 5.95 Å². The fourth-order valence-corrected chi connectivity index (χ4v) is 1.82. The lowest BCUT2D eigenvalue weighted by Crippen LogP contribution is -2.04. The van der Waals surface area contributed by atoms with Crippen molar-refractivity contribution in [2.24, 2.45) is 0 Å². The molecule has 0 fully saturated rings. The fourth-order valence-electron chi connectivity index (χ4n) is 1.01. The van der Waals surface area contributed by atoms with E-state index in [0.717, 1.165) is 11.8 Å². The van der Waals surface area contributed by atoms with Gasteiger partial charge in [0, 0.05) is 5.75 Å². The number of aliphatic hydroxyl groups is 1. The zero-order valence-corrected chi connectivity index (χ0v) is 8.82.